The molecular weight excluding hydrogens is 376 g/mol. The third-order valence-corrected chi connectivity index (χ3v) is 6.54. The summed E-state index contributed by atoms with van der Waals surface area (Å²) in [6.07, 6.45) is 3.14. The first-order valence-electron chi connectivity index (χ1n) is 9.58. The molecule has 1 fully saturated rings. The van der Waals surface area contributed by atoms with Crippen molar-refractivity contribution in [3.63, 3.8) is 0 Å². The zero-order valence-electron chi connectivity index (χ0n) is 16.4. The van der Waals surface area contributed by atoms with E-state index in [1.54, 1.807) is 10.6 Å². The average Bonchev–Trinajstić information content (AvgIpc) is 2.69. The Morgan fingerprint density at radius 3 is 2.75 bits per heavy atom. The molecule has 1 aliphatic rings. The number of nitrogens with zero attached hydrogens (tertiary/aromatic N) is 2. The van der Waals surface area contributed by atoms with Crippen LogP contribution < -0.4 is 16.2 Å². The Hall–Kier alpha value is -2.35. The predicted molar refractivity (Wildman–Crippen MR) is 111 cm³/mol. The molecule has 1 aromatic carbocycles. The normalized spacial score (nSPS) is 22.0. The van der Waals surface area contributed by atoms with Crippen LogP contribution in [0.1, 0.15) is 39.2 Å². The smallest absolute Gasteiger partial charge is 0.321 e. The van der Waals surface area contributed by atoms with Gasteiger partial charge >= 0.3 is 6.03 Å². The van der Waals surface area contributed by atoms with Gasteiger partial charge in [0, 0.05) is 13.1 Å². The second-order valence-corrected chi connectivity index (χ2v) is 8.28. The molecule has 3 amide bonds. The monoisotopic (exact) mass is 402 g/mol. The van der Waals surface area contributed by atoms with Crippen LogP contribution in [0.25, 0.3) is 10.9 Å². The number of amides is 3. The summed E-state index contributed by atoms with van der Waals surface area (Å²) >= 11 is 1.19. The highest BCUT2D eigenvalue weighted by Gasteiger charge is 2.31. The Labute approximate surface area is 168 Å². The Balaban J connectivity index is 1.98. The zero-order chi connectivity index (χ0) is 20.3. The van der Waals surface area contributed by atoms with Crippen molar-refractivity contribution >= 4 is 34.6 Å². The fourth-order valence-corrected chi connectivity index (χ4v) is 4.65. The van der Waals surface area contributed by atoms with E-state index in [4.69, 9.17) is 0 Å². The van der Waals surface area contributed by atoms with Gasteiger partial charge in [-0.3, -0.25) is 19.5 Å². The van der Waals surface area contributed by atoms with E-state index in [1.807, 2.05) is 18.2 Å². The van der Waals surface area contributed by atoms with Crippen LogP contribution in [0.3, 0.4) is 0 Å². The lowest BCUT2D eigenvalue weighted by molar-refractivity contribution is -0.117. The fraction of sp³-hybridized carbons (Fsp3) is 0.500. The Bertz CT molecular complexity index is 943. The molecule has 2 aromatic rings. The number of urea groups is 1. The van der Waals surface area contributed by atoms with Crippen LogP contribution in [0.5, 0.6) is 0 Å². The molecule has 150 valence electrons. The van der Waals surface area contributed by atoms with Crippen LogP contribution in [0.4, 0.5) is 4.79 Å². The van der Waals surface area contributed by atoms with Gasteiger partial charge in [0.1, 0.15) is 0 Å². The van der Waals surface area contributed by atoms with Gasteiger partial charge in [0.05, 0.1) is 16.7 Å². The van der Waals surface area contributed by atoms with E-state index >= 15 is 0 Å². The highest BCUT2D eigenvalue weighted by atomic mass is 32.2. The summed E-state index contributed by atoms with van der Waals surface area (Å²) in [5.41, 5.74) is 0.556. The molecule has 0 aliphatic heterocycles. The maximum absolute atomic E-state index is 13.3. The highest BCUT2D eigenvalue weighted by Crippen LogP contribution is 2.38. The quantitative estimate of drug-likeness (QED) is 0.606. The van der Waals surface area contributed by atoms with E-state index in [-0.39, 0.29) is 17.4 Å². The van der Waals surface area contributed by atoms with Crippen molar-refractivity contribution in [3.8, 4) is 0 Å². The molecule has 3 rings (SSSR count). The number of hydrogen-bond acceptors (Lipinski definition) is 5. The van der Waals surface area contributed by atoms with Gasteiger partial charge < -0.3 is 5.32 Å². The van der Waals surface area contributed by atoms with Crippen molar-refractivity contribution in [2.45, 2.75) is 44.3 Å². The van der Waals surface area contributed by atoms with E-state index in [2.05, 4.69) is 29.5 Å². The van der Waals surface area contributed by atoms with Crippen LogP contribution in [-0.4, -0.2) is 34.3 Å². The standard InChI is InChI=1S/C20H26N4O3S/c1-12-7-6-10-16(13(12)2)24-18(26)14-8-4-5-9-15(14)22-20(24)28-11-17(25)23-19(27)21-3/h4-5,8-9,12-13,16H,6-7,10-11H2,1-3H3,(H2,21,23,25,27)/t12-,13+,16-/m0/s1. The van der Waals surface area contributed by atoms with Crippen molar-refractivity contribution in [3.05, 3.63) is 34.6 Å². The second-order valence-electron chi connectivity index (χ2n) is 7.34. The van der Waals surface area contributed by atoms with Crippen molar-refractivity contribution in [2.24, 2.45) is 11.8 Å². The molecule has 0 spiro atoms. The lowest BCUT2D eigenvalue weighted by atomic mass is 9.78. The van der Waals surface area contributed by atoms with Gasteiger partial charge in [-0.25, -0.2) is 9.78 Å². The number of aromatic nitrogens is 2. The largest absolute Gasteiger partial charge is 0.341 e. The molecule has 3 atom stereocenters. The van der Waals surface area contributed by atoms with Gasteiger partial charge in [0.15, 0.2) is 5.16 Å². The fourth-order valence-electron chi connectivity index (χ4n) is 3.79. The number of nitrogens with one attached hydrogen (secondary N) is 2. The first-order chi connectivity index (χ1) is 13.4. The molecule has 2 N–H and O–H groups in total. The van der Waals surface area contributed by atoms with Crippen molar-refractivity contribution < 1.29 is 9.59 Å². The first kappa shape index (κ1) is 20.4. The molecule has 1 aliphatic carbocycles. The maximum Gasteiger partial charge on any atom is 0.321 e. The number of carbonyl (C=O) groups excluding carboxylic acids is 2. The lowest BCUT2D eigenvalue weighted by Crippen LogP contribution is -2.39. The minimum atomic E-state index is -0.552. The van der Waals surface area contributed by atoms with Crippen LogP contribution >= 0.6 is 11.8 Å². The summed E-state index contributed by atoms with van der Waals surface area (Å²) in [7, 11) is 1.45. The van der Waals surface area contributed by atoms with Gasteiger partial charge in [-0.1, -0.05) is 50.6 Å². The van der Waals surface area contributed by atoms with E-state index in [0.717, 1.165) is 19.3 Å². The van der Waals surface area contributed by atoms with Crippen LogP contribution in [0.15, 0.2) is 34.2 Å². The maximum atomic E-state index is 13.3. The number of thioether (sulfide) groups is 1. The van der Waals surface area contributed by atoms with Crippen molar-refractivity contribution in [1.29, 1.82) is 0 Å². The molecule has 0 unspecified atom stereocenters. The molecule has 1 heterocycles. The first-order valence-corrected chi connectivity index (χ1v) is 10.6. The highest BCUT2D eigenvalue weighted by molar-refractivity contribution is 7.99. The van der Waals surface area contributed by atoms with Crippen LogP contribution in [-0.2, 0) is 4.79 Å². The Kier molecular flexibility index (Phi) is 6.39. The number of imide groups is 1. The summed E-state index contributed by atoms with van der Waals surface area (Å²) in [4.78, 5) is 41.4. The molecule has 0 bridgehead atoms. The van der Waals surface area contributed by atoms with Gasteiger partial charge in [0.25, 0.3) is 5.56 Å². The average molecular weight is 403 g/mol. The molecule has 1 saturated carbocycles. The zero-order valence-corrected chi connectivity index (χ0v) is 17.2. The Morgan fingerprint density at radius 2 is 2.00 bits per heavy atom. The third kappa shape index (κ3) is 4.22. The summed E-state index contributed by atoms with van der Waals surface area (Å²) in [5.74, 6) is 0.442. The summed E-state index contributed by atoms with van der Waals surface area (Å²) in [6, 6.07) is 6.79. The number of fused-ring (bicyclic) bond motifs is 1. The molecule has 0 saturated heterocycles. The van der Waals surface area contributed by atoms with E-state index < -0.39 is 11.9 Å². The number of hydrogen-bond donors (Lipinski definition) is 2. The Morgan fingerprint density at radius 1 is 1.25 bits per heavy atom. The molecule has 1 aromatic heterocycles. The van der Waals surface area contributed by atoms with E-state index in [1.165, 1.54) is 18.8 Å². The van der Waals surface area contributed by atoms with Gasteiger partial charge in [-0.05, 0) is 30.4 Å². The number of benzene rings is 1. The molecular formula is C20H26N4O3S. The van der Waals surface area contributed by atoms with E-state index in [0.29, 0.717) is 27.9 Å². The SMILES string of the molecule is CNC(=O)NC(=O)CSc1nc2ccccc2c(=O)n1[C@H]1CCC[C@H](C)[C@H]1C. The summed E-state index contributed by atoms with van der Waals surface area (Å²) in [5, 5.41) is 5.71. The van der Waals surface area contributed by atoms with Gasteiger partial charge in [0.2, 0.25) is 5.91 Å². The van der Waals surface area contributed by atoms with Crippen LogP contribution in [0, 0.1) is 11.8 Å². The molecule has 28 heavy (non-hydrogen) atoms. The topological polar surface area (TPSA) is 93.1 Å². The number of carbonyl (C=O) groups is 2. The van der Waals surface area contributed by atoms with Gasteiger partial charge in [-0.15, -0.1) is 0 Å². The minimum absolute atomic E-state index is 0.00878. The molecule has 8 heteroatoms. The van der Waals surface area contributed by atoms with E-state index in [9.17, 15) is 14.4 Å². The number of para-hydroxylation sites is 1. The van der Waals surface area contributed by atoms with Crippen molar-refractivity contribution in [2.75, 3.05) is 12.8 Å². The summed E-state index contributed by atoms with van der Waals surface area (Å²) < 4.78 is 1.78. The second kappa shape index (κ2) is 8.77. The third-order valence-electron chi connectivity index (χ3n) is 5.58. The summed E-state index contributed by atoms with van der Waals surface area (Å²) in [6.45, 7) is 4.41. The van der Waals surface area contributed by atoms with Crippen LogP contribution in [0.2, 0.25) is 0 Å². The molecule has 7 nitrogen and oxygen atoms in total. The van der Waals surface area contributed by atoms with Gasteiger partial charge in [-0.2, -0.15) is 0 Å². The molecule has 0 radical (unpaired) electrons. The number of rotatable bonds is 4. The van der Waals surface area contributed by atoms with Crippen molar-refractivity contribution in [1.82, 2.24) is 20.2 Å². The predicted octanol–water partition coefficient (Wildman–Crippen LogP) is 2.94. The minimum Gasteiger partial charge on any atom is -0.341 e. The lowest BCUT2D eigenvalue weighted by Gasteiger charge is -2.36.